The van der Waals surface area contributed by atoms with Gasteiger partial charge < -0.3 is 4.42 Å². The highest BCUT2D eigenvalue weighted by molar-refractivity contribution is 6.06. The highest BCUT2D eigenvalue weighted by atomic mass is 16.3. The van der Waals surface area contributed by atoms with Gasteiger partial charge >= 0.3 is 0 Å². The van der Waals surface area contributed by atoms with E-state index in [0.717, 1.165) is 77.9 Å². The van der Waals surface area contributed by atoms with E-state index in [-0.39, 0.29) is 0 Å². The zero-order valence-electron chi connectivity index (χ0n) is 32.1. The van der Waals surface area contributed by atoms with Gasteiger partial charge in [-0.1, -0.05) is 176 Å². The quantitative estimate of drug-likeness (QED) is 0.163. The molecular weight excluding hydrogens is 717 g/mol. The van der Waals surface area contributed by atoms with Crippen molar-refractivity contribution in [2.75, 3.05) is 0 Å². The van der Waals surface area contributed by atoms with Crippen molar-refractivity contribution in [1.29, 1.82) is 0 Å². The minimum atomic E-state index is 0.619. The molecule has 9 aromatic carbocycles. The molecule has 0 N–H and O–H groups in total. The number of aromatic nitrogens is 2. The van der Waals surface area contributed by atoms with Crippen molar-refractivity contribution in [2.24, 2.45) is 0 Å². The van der Waals surface area contributed by atoms with E-state index in [1.54, 1.807) is 0 Å². The molecule has 59 heavy (non-hydrogen) atoms. The van der Waals surface area contributed by atoms with Crippen molar-refractivity contribution in [1.82, 2.24) is 9.97 Å². The molecule has 0 aliphatic carbocycles. The number of oxazole rings is 1. The van der Waals surface area contributed by atoms with E-state index < -0.39 is 0 Å². The minimum Gasteiger partial charge on any atom is -0.436 e. The van der Waals surface area contributed by atoms with Gasteiger partial charge in [-0.25, -0.2) is 9.97 Å². The van der Waals surface area contributed by atoms with Crippen molar-refractivity contribution >= 4 is 32.6 Å². The van der Waals surface area contributed by atoms with Gasteiger partial charge in [0.15, 0.2) is 5.58 Å². The third kappa shape index (κ3) is 6.45. The van der Waals surface area contributed by atoms with E-state index in [2.05, 4.69) is 200 Å². The average molecular weight is 753 g/mol. The summed E-state index contributed by atoms with van der Waals surface area (Å²) in [6, 6.07) is 77.2. The SMILES string of the molecule is c1ccc(-c2cc(-c3cccc(-c4c(-c5ccccc5-c5ccc6oc(-c7ccc8ccccc8c7)nc6c5)ccc5ccccc45)c3)cc(-c3ccccc3)n2)cc1. The standard InChI is InChI=1S/C56H36N2O/c1-3-16-39(17-4-1)51-35-46(36-52(57-51)40-18-5-2-6-19-40)42-21-13-22-44(32-42)55-48-24-10-9-15-38(48)28-30-50(55)49-25-12-11-23-47(49)43-29-31-54-53(34-43)58-56(59-54)45-27-26-37-14-7-8-20-41(37)33-45/h1-36H. The van der Waals surface area contributed by atoms with Crippen molar-refractivity contribution in [3.05, 3.63) is 218 Å². The minimum absolute atomic E-state index is 0.619. The van der Waals surface area contributed by atoms with Crippen LogP contribution in [-0.2, 0) is 0 Å². The number of fused-ring (bicyclic) bond motifs is 3. The first-order valence-corrected chi connectivity index (χ1v) is 20.0. The van der Waals surface area contributed by atoms with E-state index in [4.69, 9.17) is 14.4 Å². The molecule has 0 radical (unpaired) electrons. The Kier molecular flexibility index (Phi) is 8.49. The van der Waals surface area contributed by atoms with Crippen LogP contribution in [0.1, 0.15) is 0 Å². The molecular formula is C56H36N2O. The summed E-state index contributed by atoms with van der Waals surface area (Å²) in [5.41, 5.74) is 15.7. The third-order valence-corrected chi connectivity index (χ3v) is 11.3. The predicted octanol–water partition coefficient (Wildman–Crippen LogP) is 15.2. The van der Waals surface area contributed by atoms with Gasteiger partial charge in [-0.2, -0.15) is 0 Å². The maximum atomic E-state index is 6.33. The Hall–Kier alpha value is -7.88. The molecule has 0 aliphatic heterocycles. The lowest BCUT2D eigenvalue weighted by atomic mass is 9.85. The van der Waals surface area contributed by atoms with Crippen LogP contribution >= 0.6 is 0 Å². The Balaban J connectivity index is 1.04. The summed E-state index contributed by atoms with van der Waals surface area (Å²) >= 11 is 0. The normalized spacial score (nSPS) is 11.4. The lowest BCUT2D eigenvalue weighted by Crippen LogP contribution is -1.93. The van der Waals surface area contributed by atoms with Gasteiger partial charge in [0.2, 0.25) is 5.89 Å². The van der Waals surface area contributed by atoms with Gasteiger partial charge in [-0.3, -0.25) is 0 Å². The van der Waals surface area contributed by atoms with Crippen LogP contribution in [0.5, 0.6) is 0 Å². The fraction of sp³-hybridized carbons (Fsp3) is 0. The lowest BCUT2D eigenvalue weighted by Gasteiger charge is -2.18. The van der Waals surface area contributed by atoms with Crippen LogP contribution in [0, 0.1) is 0 Å². The van der Waals surface area contributed by atoms with Crippen molar-refractivity contribution in [2.45, 2.75) is 0 Å². The van der Waals surface area contributed by atoms with Crippen LogP contribution in [0.2, 0.25) is 0 Å². The van der Waals surface area contributed by atoms with Crippen molar-refractivity contribution < 1.29 is 4.42 Å². The molecule has 3 nitrogen and oxygen atoms in total. The van der Waals surface area contributed by atoms with E-state index in [1.165, 1.54) is 27.3 Å². The predicted molar refractivity (Wildman–Crippen MR) is 245 cm³/mol. The second-order valence-electron chi connectivity index (χ2n) is 15.0. The Labute approximate surface area is 342 Å². The molecule has 2 aromatic heterocycles. The molecule has 0 fully saturated rings. The lowest BCUT2D eigenvalue weighted by molar-refractivity contribution is 0.620. The molecule has 0 unspecified atom stereocenters. The highest BCUT2D eigenvalue weighted by Gasteiger charge is 2.18. The molecule has 11 rings (SSSR count). The summed E-state index contributed by atoms with van der Waals surface area (Å²) in [4.78, 5) is 10.2. The highest BCUT2D eigenvalue weighted by Crippen LogP contribution is 2.44. The van der Waals surface area contributed by atoms with Gasteiger partial charge in [0, 0.05) is 16.7 Å². The van der Waals surface area contributed by atoms with Gasteiger partial charge in [-0.15, -0.1) is 0 Å². The van der Waals surface area contributed by atoms with Gasteiger partial charge in [0.25, 0.3) is 0 Å². The Bertz CT molecular complexity index is 3270. The smallest absolute Gasteiger partial charge is 0.227 e. The molecule has 276 valence electrons. The first-order valence-electron chi connectivity index (χ1n) is 20.0. The fourth-order valence-electron chi connectivity index (χ4n) is 8.38. The van der Waals surface area contributed by atoms with E-state index in [9.17, 15) is 0 Å². The van der Waals surface area contributed by atoms with Crippen molar-refractivity contribution in [3.8, 4) is 78.5 Å². The largest absolute Gasteiger partial charge is 0.436 e. The average Bonchev–Trinajstić information content (AvgIpc) is 3.75. The summed E-state index contributed by atoms with van der Waals surface area (Å²) in [7, 11) is 0. The molecule has 11 aromatic rings. The summed E-state index contributed by atoms with van der Waals surface area (Å²) < 4.78 is 6.33. The first kappa shape index (κ1) is 34.4. The first-order chi connectivity index (χ1) is 29.2. The number of rotatable bonds is 7. The molecule has 0 aliphatic rings. The van der Waals surface area contributed by atoms with E-state index >= 15 is 0 Å². The number of pyridine rings is 1. The summed E-state index contributed by atoms with van der Waals surface area (Å²) in [6.45, 7) is 0. The molecule has 0 bridgehead atoms. The Morgan fingerprint density at radius 1 is 0.305 bits per heavy atom. The molecule has 0 amide bonds. The monoisotopic (exact) mass is 752 g/mol. The second kappa shape index (κ2) is 14.6. The van der Waals surface area contributed by atoms with Gasteiger partial charge in [-0.05, 0) is 109 Å². The molecule has 0 spiro atoms. The number of nitrogens with zero attached hydrogens (tertiary/aromatic N) is 2. The van der Waals surface area contributed by atoms with Crippen LogP contribution in [0.4, 0.5) is 0 Å². The van der Waals surface area contributed by atoms with Crippen LogP contribution < -0.4 is 0 Å². The number of hydrogen-bond acceptors (Lipinski definition) is 3. The number of benzene rings is 9. The second-order valence-corrected chi connectivity index (χ2v) is 15.0. The zero-order valence-corrected chi connectivity index (χ0v) is 32.1. The van der Waals surface area contributed by atoms with Crippen LogP contribution in [0.15, 0.2) is 223 Å². The maximum Gasteiger partial charge on any atom is 0.227 e. The fourth-order valence-corrected chi connectivity index (χ4v) is 8.38. The topological polar surface area (TPSA) is 38.9 Å². The molecule has 0 saturated heterocycles. The summed E-state index contributed by atoms with van der Waals surface area (Å²) in [6.07, 6.45) is 0. The molecule has 2 heterocycles. The Morgan fingerprint density at radius 3 is 1.69 bits per heavy atom. The Morgan fingerprint density at radius 2 is 0.915 bits per heavy atom. The summed E-state index contributed by atoms with van der Waals surface area (Å²) in [5, 5.41) is 4.75. The zero-order chi connectivity index (χ0) is 39.1. The van der Waals surface area contributed by atoms with Gasteiger partial charge in [0.05, 0.1) is 11.4 Å². The van der Waals surface area contributed by atoms with E-state index in [0.29, 0.717) is 5.89 Å². The van der Waals surface area contributed by atoms with Gasteiger partial charge in [0.1, 0.15) is 5.52 Å². The van der Waals surface area contributed by atoms with Crippen LogP contribution in [-0.4, -0.2) is 9.97 Å². The third-order valence-electron chi connectivity index (χ3n) is 11.3. The molecule has 0 atom stereocenters. The molecule has 3 heteroatoms. The maximum absolute atomic E-state index is 6.33. The van der Waals surface area contributed by atoms with Crippen LogP contribution in [0.3, 0.4) is 0 Å². The summed E-state index contributed by atoms with van der Waals surface area (Å²) in [5.74, 6) is 0.619. The van der Waals surface area contributed by atoms with E-state index in [1.807, 2.05) is 18.2 Å². The van der Waals surface area contributed by atoms with Crippen LogP contribution in [0.25, 0.3) is 111 Å². The molecule has 0 saturated carbocycles. The number of hydrogen-bond donors (Lipinski definition) is 0. The van der Waals surface area contributed by atoms with Crippen molar-refractivity contribution in [3.63, 3.8) is 0 Å².